The second-order valence-electron chi connectivity index (χ2n) is 8.69. The molecule has 0 aromatic heterocycles. The van der Waals surface area contributed by atoms with Gasteiger partial charge in [-0.25, -0.2) is 0 Å². The third-order valence-corrected chi connectivity index (χ3v) is 7.70. The van der Waals surface area contributed by atoms with E-state index < -0.39 is 0 Å². The van der Waals surface area contributed by atoms with Crippen LogP contribution in [0.5, 0.6) is 0 Å². The molecule has 0 aliphatic heterocycles. The summed E-state index contributed by atoms with van der Waals surface area (Å²) in [5.74, 6) is 1.61. The van der Waals surface area contributed by atoms with Crippen LogP contribution in [0.3, 0.4) is 0 Å². The third-order valence-electron chi connectivity index (χ3n) is 6.82. The summed E-state index contributed by atoms with van der Waals surface area (Å²) in [5, 5.41) is 0. The van der Waals surface area contributed by atoms with Gasteiger partial charge < -0.3 is 0 Å². The smallest absolute Gasteiger partial charge is 0.00661 e. The van der Waals surface area contributed by atoms with Gasteiger partial charge >= 0.3 is 0 Å². The van der Waals surface area contributed by atoms with Crippen LogP contribution in [0.2, 0.25) is 0 Å². The molecule has 1 heteroatoms. The van der Waals surface area contributed by atoms with E-state index in [1.54, 1.807) is 16.7 Å². The second-order valence-corrected chi connectivity index (χ2v) is 9.57. The molecule has 0 amide bonds. The van der Waals surface area contributed by atoms with Crippen molar-refractivity contribution in [1.82, 2.24) is 0 Å². The molecule has 0 heterocycles. The topological polar surface area (TPSA) is 0 Å². The fourth-order valence-corrected chi connectivity index (χ4v) is 7.06. The maximum Gasteiger partial charge on any atom is 0.00661 e. The van der Waals surface area contributed by atoms with E-state index in [2.05, 4.69) is 70.2 Å². The van der Waals surface area contributed by atoms with Gasteiger partial charge in [0.15, 0.2) is 0 Å². The lowest BCUT2D eigenvalue weighted by Gasteiger charge is -2.46. The lowest BCUT2D eigenvalue weighted by atomic mass is 9.60. The van der Waals surface area contributed by atoms with Crippen LogP contribution in [0.4, 0.5) is 0 Å². The molecule has 0 bridgehead atoms. The van der Waals surface area contributed by atoms with Gasteiger partial charge in [0.05, 0.1) is 0 Å². The maximum absolute atomic E-state index is 2.61. The first-order valence-electron chi connectivity index (χ1n) is 9.18. The highest BCUT2D eigenvalue weighted by molar-refractivity contribution is 14.1. The summed E-state index contributed by atoms with van der Waals surface area (Å²) < 4.78 is 1.28. The second kappa shape index (κ2) is 6.99. The number of alkyl halides is 1. The monoisotopic (exact) mass is 414 g/mol. The molecular weight excluding hydrogens is 379 g/mol. The van der Waals surface area contributed by atoms with Gasteiger partial charge in [-0.05, 0) is 75.0 Å². The van der Waals surface area contributed by atoms with Crippen LogP contribution < -0.4 is 0 Å². The summed E-state index contributed by atoms with van der Waals surface area (Å²) in [4.78, 5) is 0. The molecule has 0 aromatic rings. The molecule has 2 rings (SSSR count). The lowest BCUT2D eigenvalue weighted by molar-refractivity contribution is 0.148. The normalized spacial score (nSPS) is 35.5. The van der Waals surface area contributed by atoms with Crippen molar-refractivity contribution >= 4 is 22.6 Å². The number of halogens is 1. The molecule has 0 saturated heterocycles. The number of hydrogen-bond donors (Lipinski definition) is 0. The molecule has 22 heavy (non-hydrogen) atoms. The van der Waals surface area contributed by atoms with Gasteiger partial charge in [-0.15, -0.1) is 0 Å². The standard InChI is InChI=1S/C21H35I/c1-7-18-16(3)17(10-12-20(18,4)5)13-21(6)11-8-9-15(2)19(21)14-22/h9,17,19H,7-8,10-14H2,1-6H3. The zero-order valence-corrected chi connectivity index (χ0v) is 17.7. The van der Waals surface area contributed by atoms with Gasteiger partial charge in [-0.1, -0.05) is 73.1 Å². The molecule has 0 spiro atoms. The SMILES string of the molecule is CCC1=C(C)C(CC2(C)CCC=C(C)C2CI)CCC1(C)C. The summed E-state index contributed by atoms with van der Waals surface area (Å²) in [6.45, 7) is 14.6. The van der Waals surface area contributed by atoms with Crippen molar-refractivity contribution in [3.05, 3.63) is 22.8 Å². The first-order valence-corrected chi connectivity index (χ1v) is 10.7. The van der Waals surface area contributed by atoms with Gasteiger partial charge in [-0.2, -0.15) is 0 Å². The zero-order chi connectivity index (χ0) is 16.5. The van der Waals surface area contributed by atoms with Gasteiger partial charge in [0, 0.05) is 4.43 Å². The average molecular weight is 414 g/mol. The molecule has 0 fully saturated rings. The molecule has 126 valence electrons. The Morgan fingerprint density at radius 1 is 1.18 bits per heavy atom. The van der Waals surface area contributed by atoms with Gasteiger partial charge in [0.1, 0.15) is 0 Å². The Kier molecular flexibility index (Phi) is 5.89. The molecule has 0 nitrogen and oxygen atoms in total. The fraction of sp³-hybridized carbons (Fsp3) is 0.810. The van der Waals surface area contributed by atoms with Gasteiger partial charge in [-0.3, -0.25) is 0 Å². The van der Waals surface area contributed by atoms with Crippen molar-refractivity contribution in [1.29, 1.82) is 0 Å². The molecular formula is C21H35I. The van der Waals surface area contributed by atoms with Crippen LogP contribution >= 0.6 is 22.6 Å². The summed E-state index contributed by atoms with van der Waals surface area (Å²) in [7, 11) is 0. The van der Waals surface area contributed by atoms with E-state index in [-0.39, 0.29) is 0 Å². The molecule has 2 aliphatic rings. The minimum Gasteiger partial charge on any atom is -0.0857 e. The molecule has 0 saturated carbocycles. The molecule has 0 aromatic carbocycles. The summed E-state index contributed by atoms with van der Waals surface area (Å²) in [6.07, 6.45) is 10.6. The highest BCUT2D eigenvalue weighted by atomic mass is 127. The van der Waals surface area contributed by atoms with Gasteiger partial charge in [0.25, 0.3) is 0 Å². The largest absolute Gasteiger partial charge is 0.0857 e. The van der Waals surface area contributed by atoms with E-state index in [9.17, 15) is 0 Å². The summed E-state index contributed by atoms with van der Waals surface area (Å²) in [6, 6.07) is 0. The van der Waals surface area contributed by atoms with Crippen LogP contribution in [0, 0.1) is 22.7 Å². The van der Waals surface area contributed by atoms with E-state index in [1.165, 1.54) is 43.0 Å². The van der Waals surface area contributed by atoms with Crippen LogP contribution in [-0.4, -0.2) is 4.43 Å². The van der Waals surface area contributed by atoms with E-state index in [0.29, 0.717) is 10.8 Å². The van der Waals surface area contributed by atoms with Crippen LogP contribution in [-0.2, 0) is 0 Å². The molecule has 0 radical (unpaired) electrons. The van der Waals surface area contributed by atoms with Crippen molar-refractivity contribution in [2.75, 3.05) is 4.43 Å². The minimum atomic E-state index is 0.432. The lowest BCUT2D eigenvalue weighted by Crippen LogP contribution is -2.36. The number of rotatable bonds is 4. The first kappa shape index (κ1) is 18.5. The van der Waals surface area contributed by atoms with Crippen molar-refractivity contribution < 1.29 is 0 Å². The highest BCUT2D eigenvalue weighted by Crippen LogP contribution is 2.52. The van der Waals surface area contributed by atoms with Crippen molar-refractivity contribution in [2.24, 2.45) is 22.7 Å². The Hall–Kier alpha value is 0.210. The van der Waals surface area contributed by atoms with Crippen LogP contribution in [0.15, 0.2) is 22.8 Å². The Morgan fingerprint density at radius 3 is 2.45 bits per heavy atom. The van der Waals surface area contributed by atoms with Gasteiger partial charge in [0.2, 0.25) is 0 Å². The van der Waals surface area contributed by atoms with E-state index in [4.69, 9.17) is 0 Å². The van der Waals surface area contributed by atoms with E-state index in [0.717, 1.165) is 11.8 Å². The minimum absolute atomic E-state index is 0.432. The maximum atomic E-state index is 2.61. The summed E-state index contributed by atoms with van der Waals surface area (Å²) in [5.41, 5.74) is 6.07. The average Bonchev–Trinajstić information content (AvgIpc) is 2.42. The third kappa shape index (κ3) is 3.49. The Balaban J connectivity index is 2.25. The molecule has 2 aliphatic carbocycles. The molecule has 0 N–H and O–H groups in total. The van der Waals surface area contributed by atoms with Crippen LogP contribution in [0.1, 0.15) is 80.1 Å². The highest BCUT2D eigenvalue weighted by Gasteiger charge is 2.40. The Labute approximate surface area is 152 Å². The number of allylic oxidation sites excluding steroid dienone is 4. The predicted octanol–water partition coefficient (Wildman–Crippen LogP) is 7.34. The summed E-state index contributed by atoms with van der Waals surface area (Å²) >= 11 is 2.61. The molecule has 3 atom stereocenters. The zero-order valence-electron chi connectivity index (χ0n) is 15.6. The predicted molar refractivity (Wildman–Crippen MR) is 108 cm³/mol. The molecule has 3 unspecified atom stereocenters. The fourth-order valence-electron chi connectivity index (χ4n) is 5.31. The first-order chi connectivity index (χ1) is 10.2. The van der Waals surface area contributed by atoms with Crippen LogP contribution in [0.25, 0.3) is 0 Å². The Morgan fingerprint density at radius 2 is 1.86 bits per heavy atom. The van der Waals surface area contributed by atoms with E-state index >= 15 is 0 Å². The van der Waals surface area contributed by atoms with Crippen molar-refractivity contribution in [3.63, 3.8) is 0 Å². The number of hydrogen-bond acceptors (Lipinski definition) is 0. The van der Waals surface area contributed by atoms with Crippen molar-refractivity contribution in [2.45, 2.75) is 80.1 Å². The van der Waals surface area contributed by atoms with E-state index in [1.807, 2.05) is 0 Å². The van der Waals surface area contributed by atoms with Crippen molar-refractivity contribution in [3.8, 4) is 0 Å². The quantitative estimate of drug-likeness (QED) is 0.257. The Bertz CT molecular complexity index is 468.